The van der Waals surface area contributed by atoms with Gasteiger partial charge in [-0.05, 0) is 12.1 Å². The minimum atomic E-state index is -0.614. The summed E-state index contributed by atoms with van der Waals surface area (Å²) in [5.74, 6) is -0.614. The van der Waals surface area contributed by atoms with Crippen LogP contribution in [0, 0.1) is 5.82 Å². The highest BCUT2D eigenvalue weighted by Crippen LogP contribution is 2.31. The zero-order chi connectivity index (χ0) is 9.14. The number of carbonyl (C=O) groups excluding carboxylic acids is 1. The second-order valence-corrected chi connectivity index (χ2v) is 2.77. The molecule has 0 bridgehead atoms. The van der Waals surface area contributed by atoms with Gasteiger partial charge in [-0.3, -0.25) is 4.79 Å². The van der Waals surface area contributed by atoms with Crippen molar-refractivity contribution in [1.82, 2.24) is 0 Å². The zero-order valence-electron chi connectivity index (χ0n) is 5.77. The summed E-state index contributed by atoms with van der Waals surface area (Å²) in [6.07, 6.45) is 0.334. The van der Waals surface area contributed by atoms with Gasteiger partial charge in [0, 0.05) is 0 Å². The monoisotopic (exact) mass is 207 g/mol. The quantitative estimate of drug-likeness (QED) is 0.587. The summed E-state index contributed by atoms with van der Waals surface area (Å²) in [6, 6.07) is 2.44. The summed E-state index contributed by atoms with van der Waals surface area (Å²) in [4.78, 5) is 10.0. The Hall–Kier alpha value is -0.800. The van der Waals surface area contributed by atoms with Gasteiger partial charge in [-0.15, -0.1) is 0 Å². The molecule has 1 rings (SSSR count). The summed E-state index contributed by atoms with van der Waals surface area (Å²) in [5.41, 5.74) is -0.0980. The van der Waals surface area contributed by atoms with Gasteiger partial charge in [0.15, 0.2) is 0 Å². The van der Waals surface area contributed by atoms with Gasteiger partial charge in [0.25, 0.3) is 0 Å². The fourth-order valence-corrected chi connectivity index (χ4v) is 1.08. The second-order valence-electron chi connectivity index (χ2n) is 1.98. The topological polar surface area (TPSA) is 29.1 Å². The van der Waals surface area contributed by atoms with Crippen molar-refractivity contribution in [1.29, 1.82) is 0 Å². The average Bonchev–Trinajstić information content (AvgIpc) is 2.06. The van der Waals surface area contributed by atoms with Gasteiger partial charge in [-0.2, -0.15) is 0 Å². The molecule has 0 aliphatic carbocycles. The first-order chi connectivity index (χ1) is 5.66. The van der Waals surface area contributed by atoms with Crippen molar-refractivity contribution in [2.24, 2.45) is 0 Å². The van der Waals surface area contributed by atoms with Crippen LogP contribution in [0.4, 0.5) is 10.1 Å². The maximum Gasteiger partial charge on any atom is 0.211 e. The third kappa shape index (κ3) is 1.68. The molecule has 64 valence electrons. The van der Waals surface area contributed by atoms with Crippen LogP contribution in [-0.4, -0.2) is 6.41 Å². The molecule has 1 N–H and O–H groups in total. The summed E-state index contributed by atoms with van der Waals surface area (Å²) >= 11 is 11.2. The van der Waals surface area contributed by atoms with Crippen molar-refractivity contribution < 1.29 is 9.18 Å². The largest absolute Gasteiger partial charge is 0.325 e. The molecule has 12 heavy (non-hydrogen) atoms. The van der Waals surface area contributed by atoms with E-state index in [0.29, 0.717) is 6.41 Å². The molecular formula is C7H4Cl2FNO. The summed E-state index contributed by atoms with van der Waals surface area (Å²) in [6.45, 7) is 0. The highest BCUT2D eigenvalue weighted by molar-refractivity contribution is 6.43. The SMILES string of the molecule is O=CNc1c(F)ccc(Cl)c1Cl. The minimum Gasteiger partial charge on any atom is -0.325 e. The van der Waals surface area contributed by atoms with Gasteiger partial charge in [-0.1, -0.05) is 23.2 Å². The van der Waals surface area contributed by atoms with Gasteiger partial charge in [0.05, 0.1) is 15.7 Å². The lowest BCUT2D eigenvalue weighted by Crippen LogP contribution is -1.97. The average molecular weight is 208 g/mol. The first-order valence-corrected chi connectivity index (χ1v) is 3.76. The Kier molecular flexibility index (Phi) is 2.89. The van der Waals surface area contributed by atoms with Crippen LogP contribution < -0.4 is 5.32 Å². The zero-order valence-corrected chi connectivity index (χ0v) is 7.29. The summed E-state index contributed by atoms with van der Waals surface area (Å²) in [5, 5.41) is 2.31. The maximum atomic E-state index is 12.9. The lowest BCUT2D eigenvalue weighted by Gasteiger charge is -2.04. The molecule has 0 aliphatic heterocycles. The van der Waals surface area contributed by atoms with E-state index < -0.39 is 5.82 Å². The van der Waals surface area contributed by atoms with Gasteiger partial charge in [0.2, 0.25) is 6.41 Å². The standard InChI is InChI=1S/C7H4Cl2FNO/c8-4-1-2-5(10)7(6(4)9)11-3-12/h1-3H,(H,11,12). The lowest BCUT2D eigenvalue weighted by atomic mass is 10.3. The van der Waals surface area contributed by atoms with Crippen LogP contribution in [0.1, 0.15) is 0 Å². The molecule has 1 aromatic rings. The van der Waals surface area contributed by atoms with E-state index in [1.54, 1.807) is 0 Å². The summed E-state index contributed by atoms with van der Waals surface area (Å²) < 4.78 is 12.9. The van der Waals surface area contributed by atoms with Crippen molar-refractivity contribution in [3.05, 3.63) is 28.0 Å². The molecule has 0 spiro atoms. The molecule has 1 aromatic carbocycles. The van der Waals surface area contributed by atoms with Crippen LogP contribution >= 0.6 is 23.2 Å². The van der Waals surface area contributed by atoms with E-state index >= 15 is 0 Å². The Morgan fingerprint density at radius 3 is 2.67 bits per heavy atom. The molecule has 0 fully saturated rings. The third-order valence-electron chi connectivity index (χ3n) is 1.25. The Morgan fingerprint density at radius 1 is 1.42 bits per heavy atom. The normalized spacial score (nSPS) is 9.58. The molecule has 0 radical (unpaired) electrons. The first-order valence-electron chi connectivity index (χ1n) is 3.00. The fourth-order valence-electron chi connectivity index (χ4n) is 0.718. The molecule has 0 saturated carbocycles. The van der Waals surface area contributed by atoms with Crippen molar-refractivity contribution in [2.45, 2.75) is 0 Å². The molecular weight excluding hydrogens is 204 g/mol. The smallest absolute Gasteiger partial charge is 0.211 e. The number of nitrogens with one attached hydrogen (secondary N) is 1. The number of hydrogen-bond acceptors (Lipinski definition) is 1. The molecule has 5 heteroatoms. The second kappa shape index (κ2) is 3.74. The van der Waals surface area contributed by atoms with E-state index in [4.69, 9.17) is 23.2 Å². The minimum absolute atomic E-state index is 0.00349. The van der Waals surface area contributed by atoms with Crippen LogP contribution in [0.15, 0.2) is 12.1 Å². The van der Waals surface area contributed by atoms with Gasteiger partial charge in [0.1, 0.15) is 5.82 Å². The highest BCUT2D eigenvalue weighted by Gasteiger charge is 2.09. The lowest BCUT2D eigenvalue weighted by molar-refractivity contribution is -0.105. The number of halogens is 3. The number of anilines is 1. The number of carbonyl (C=O) groups is 1. The highest BCUT2D eigenvalue weighted by atomic mass is 35.5. The Morgan fingerprint density at radius 2 is 2.08 bits per heavy atom. The van der Waals surface area contributed by atoms with E-state index in [-0.39, 0.29) is 15.7 Å². The molecule has 0 aliphatic rings. The molecule has 0 atom stereocenters. The van der Waals surface area contributed by atoms with Crippen molar-refractivity contribution in [2.75, 3.05) is 5.32 Å². The van der Waals surface area contributed by atoms with Crippen LogP contribution in [-0.2, 0) is 4.79 Å². The summed E-state index contributed by atoms with van der Waals surface area (Å²) in [7, 11) is 0. The van der Waals surface area contributed by atoms with E-state index in [9.17, 15) is 9.18 Å². The number of rotatable bonds is 2. The van der Waals surface area contributed by atoms with E-state index in [2.05, 4.69) is 5.32 Å². The number of amides is 1. The number of hydrogen-bond donors (Lipinski definition) is 1. The van der Waals surface area contributed by atoms with Gasteiger partial charge >= 0.3 is 0 Å². The van der Waals surface area contributed by atoms with Gasteiger partial charge in [-0.25, -0.2) is 4.39 Å². The first kappa shape index (κ1) is 9.29. The molecule has 2 nitrogen and oxygen atoms in total. The van der Waals surface area contributed by atoms with E-state index in [1.807, 2.05) is 0 Å². The van der Waals surface area contributed by atoms with Crippen LogP contribution in [0.5, 0.6) is 0 Å². The maximum absolute atomic E-state index is 12.9. The van der Waals surface area contributed by atoms with Crippen LogP contribution in [0.2, 0.25) is 10.0 Å². The molecule has 0 aromatic heterocycles. The predicted octanol–water partition coefficient (Wildman–Crippen LogP) is 2.70. The molecule has 1 amide bonds. The van der Waals surface area contributed by atoms with Crippen LogP contribution in [0.25, 0.3) is 0 Å². The van der Waals surface area contributed by atoms with Crippen molar-refractivity contribution in [3.8, 4) is 0 Å². The third-order valence-corrected chi connectivity index (χ3v) is 2.05. The molecule has 0 heterocycles. The van der Waals surface area contributed by atoms with Crippen LogP contribution in [0.3, 0.4) is 0 Å². The number of benzene rings is 1. The Bertz CT molecular complexity index is 317. The molecule has 0 saturated heterocycles. The predicted molar refractivity (Wildman–Crippen MR) is 46.1 cm³/mol. The van der Waals surface area contributed by atoms with Crippen molar-refractivity contribution >= 4 is 35.3 Å². The van der Waals surface area contributed by atoms with E-state index in [0.717, 1.165) is 6.07 Å². The van der Waals surface area contributed by atoms with Gasteiger partial charge < -0.3 is 5.32 Å². The van der Waals surface area contributed by atoms with Crippen molar-refractivity contribution in [3.63, 3.8) is 0 Å². The Labute approximate surface area is 78.3 Å². The fraction of sp³-hybridized carbons (Fsp3) is 0. The van der Waals surface area contributed by atoms with E-state index in [1.165, 1.54) is 6.07 Å². The Balaban J connectivity index is 3.22. The molecule has 0 unspecified atom stereocenters.